The molecule has 0 amide bonds. The van der Waals surface area contributed by atoms with E-state index in [2.05, 4.69) is 6.58 Å². The summed E-state index contributed by atoms with van der Waals surface area (Å²) in [6, 6.07) is 0. The summed E-state index contributed by atoms with van der Waals surface area (Å²) in [5.41, 5.74) is 0.405. The fraction of sp³-hybridized carbons (Fsp3) is 0.688. The molecule has 6 nitrogen and oxygen atoms in total. The van der Waals surface area contributed by atoms with Crippen LogP contribution in [0, 0.1) is 11.8 Å². The van der Waals surface area contributed by atoms with Gasteiger partial charge in [0.15, 0.2) is 0 Å². The lowest BCUT2D eigenvalue weighted by Crippen LogP contribution is -2.24. The van der Waals surface area contributed by atoms with Crippen LogP contribution in [0.2, 0.25) is 0 Å². The first-order valence-corrected chi connectivity index (χ1v) is 7.58. The van der Waals surface area contributed by atoms with Gasteiger partial charge in [-0.1, -0.05) is 6.58 Å². The van der Waals surface area contributed by atoms with E-state index in [1.165, 1.54) is 0 Å². The average Bonchev–Trinajstić information content (AvgIpc) is 2.49. The van der Waals surface area contributed by atoms with Crippen LogP contribution < -0.4 is 0 Å². The molecule has 124 valence electrons. The fourth-order valence-corrected chi connectivity index (χ4v) is 2.37. The molecule has 0 aromatic carbocycles. The lowest BCUT2D eigenvalue weighted by Gasteiger charge is -2.27. The average molecular weight is 312 g/mol. The molecule has 0 spiro atoms. The highest BCUT2D eigenvalue weighted by Gasteiger charge is 2.23. The van der Waals surface area contributed by atoms with Crippen LogP contribution in [0.5, 0.6) is 0 Å². The summed E-state index contributed by atoms with van der Waals surface area (Å²) in [5.74, 6) is -1.15. The highest BCUT2D eigenvalue weighted by atomic mass is 16.5. The SMILES string of the molecule is C=C(C)C(=O)OCC1CCC(COC(=O)CCC(=O)O)CC1. The summed E-state index contributed by atoms with van der Waals surface area (Å²) in [6.07, 6.45) is 3.42. The molecule has 1 N–H and O–H groups in total. The van der Waals surface area contributed by atoms with Gasteiger partial charge in [0, 0.05) is 5.57 Å². The van der Waals surface area contributed by atoms with E-state index in [0.717, 1.165) is 25.7 Å². The zero-order chi connectivity index (χ0) is 16.5. The standard InChI is InChI=1S/C16H24O6/c1-11(2)16(20)22-10-13-5-3-12(4-6-13)9-21-15(19)8-7-14(17)18/h12-13H,1,3-10H2,2H3,(H,17,18). The van der Waals surface area contributed by atoms with Gasteiger partial charge in [0.2, 0.25) is 0 Å². The first-order chi connectivity index (χ1) is 10.4. The van der Waals surface area contributed by atoms with Crippen molar-refractivity contribution >= 4 is 17.9 Å². The van der Waals surface area contributed by atoms with Gasteiger partial charge in [0.25, 0.3) is 0 Å². The third-order valence-electron chi connectivity index (χ3n) is 3.79. The minimum Gasteiger partial charge on any atom is -0.481 e. The number of carbonyl (C=O) groups is 3. The third kappa shape index (κ3) is 7.24. The van der Waals surface area contributed by atoms with Crippen molar-refractivity contribution in [3.05, 3.63) is 12.2 Å². The van der Waals surface area contributed by atoms with Crippen molar-refractivity contribution in [2.45, 2.75) is 45.4 Å². The van der Waals surface area contributed by atoms with Crippen LogP contribution in [-0.2, 0) is 23.9 Å². The molecule has 0 heterocycles. The molecule has 6 heteroatoms. The monoisotopic (exact) mass is 312 g/mol. The molecule has 0 atom stereocenters. The second-order valence-electron chi connectivity index (χ2n) is 5.84. The Balaban J connectivity index is 2.14. The van der Waals surface area contributed by atoms with Crippen LogP contribution >= 0.6 is 0 Å². The zero-order valence-corrected chi connectivity index (χ0v) is 13.0. The molecule has 0 aliphatic heterocycles. The maximum Gasteiger partial charge on any atom is 0.333 e. The van der Waals surface area contributed by atoms with Crippen molar-refractivity contribution < 1.29 is 29.0 Å². The molecular weight excluding hydrogens is 288 g/mol. The van der Waals surface area contributed by atoms with Gasteiger partial charge in [-0.3, -0.25) is 9.59 Å². The van der Waals surface area contributed by atoms with E-state index in [1.54, 1.807) is 6.92 Å². The summed E-state index contributed by atoms with van der Waals surface area (Å²) >= 11 is 0. The molecule has 0 aromatic rings. The second-order valence-corrected chi connectivity index (χ2v) is 5.84. The van der Waals surface area contributed by atoms with E-state index in [4.69, 9.17) is 14.6 Å². The number of carbonyl (C=O) groups excluding carboxylic acids is 2. The molecule has 1 fully saturated rings. The molecular formula is C16H24O6. The molecule has 1 rings (SSSR count). The Morgan fingerprint density at radius 1 is 1.00 bits per heavy atom. The predicted molar refractivity (Wildman–Crippen MR) is 79.0 cm³/mol. The molecule has 1 aliphatic carbocycles. The van der Waals surface area contributed by atoms with Crippen LogP contribution in [0.25, 0.3) is 0 Å². The Bertz CT molecular complexity index is 420. The summed E-state index contributed by atoms with van der Waals surface area (Å²) in [7, 11) is 0. The number of carboxylic acid groups (broad SMARTS) is 1. The molecule has 0 radical (unpaired) electrons. The quantitative estimate of drug-likeness (QED) is 0.546. The van der Waals surface area contributed by atoms with Gasteiger partial charge in [-0.2, -0.15) is 0 Å². The molecule has 0 bridgehead atoms. The molecule has 1 aliphatic rings. The predicted octanol–water partition coefficient (Wildman–Crippen LogP) is 2.32. The van der Waals surface area contributed by atoms with Crippen molar-refractivity contribution in [1.29, 1.82) is 0 Å². The van der Waals surface area contributed by atoms with Gasteiger partial charge in [0.05, 0.1) is 26.1 Å². The van der Waals surface area contributed by atoms with Crippen LogP contribution in [0.3, 0.4) is 0 Å². The third-order valence-corrected chi connectivity index (χ3v) is 3.79. The fourth-order valence-electron chi connectivity index (χ4n) is 2.37. The highest BCUT2D eigenvalue weighted by Crippen LogP contribution is 2.29. The number of rotatable bonds is 8. The summed E-state index contributed by atoms with van der Waals surface area (Å²) in [5, 5.41) is 8.48. The maximum absolute atomic E-state index is 11.3. The van der Waals surface area contributed by atoms with Crippen LogP contribution in [0.1, 0.15) is 45.4 Å². The van der Waals surface area contributed by atoms with Crippen molar-refractivity contribution in [2.75, 3.05) is 13.2 Å². The van der Waals surface area contributed by atoms with Crippen molar-refractivity contribution in [1.82, 2.24) is 0 Å². The van der Waals surface area contributed by atoms with Crippen LogP contribution in [0.15, 0.2) is 12.2 Å². The van der Waals surface area contributed by atoms with Gasteiger partial charge >= 0.3 is 17.9 Å². The topological polar surface area (TPSA) is 89.9 Å². The first kappa shape index (κ1) is 18.2. The number of carboxylic acids is 1. The Kier molecular flexibility index (Phi) is 7.63. The van der Waals surface area contributed by atoms with Crippen LogP contribution in [0.4, 0.5) is 0 Å². The summed E-state index contributed by atoms with van der Waals surface area (Å²) < 4.78 is 10.2. The zero-order valence-electron chi connectivity index (χ0n) is 13.0. The molecule has 0 aromatic heterocycles. The largest absolute Gasteiger partial charge is 0.481 e. The Labute approximate surface area is 130 Å². The number of hydrogen-bond acceptors (Lipinski definition) is 5. The Morgan fingerprint density at radius 2 is 1.50 bits per heavy atom. The van der Waals surface area contributed by atoms with E-state index in [0.29, 0.717) is 30.6 Å². The van der Waals surface area contributed by atoms with E-state index in [-0.39, 0.29) is 18.8 Å². The smallest absolute Gasteiger partial charge is 0.333 e. The lowest BCUT2D eigenvalue weighted by molar-refractivity contribution is -0.149. The summed E-state index contributed by atoms with van der Waals surface area (Å²) in [6.45, 7) is 5.92. The molecule has 22 heavy (non-hydrogen) atoms. The van der Waals surface area contributed by atoms with Gasteiger partial charge < -0.3 is 14.6 Å². The van der Waals surface area contributed by atoms with Crippen molar-refractivity contribution in [3.63, 3.8) is 0 Å². The van der Waals surface area contributed by atoms with Gasteiger partial charge in [-0.25, -0.2) is 4.79 Å². The van der Waals surface area contributed by atoms with E-state index in [1.807, 2.05) is 0 Å². The summed E-state index contributed by atoms with van der Waals surface area (Å²) in [4.78, 5) is 33.0. The highest BCUT2D eigenvalue weighted by molar-refractivity contribution is 5.86. The Hall–Kier alpha value is -1.85. The molecule has 0 unspecified atom stereocenters. The molecule has 0 saturated heterocycles. The van der Waals surface area contributed by atoms with E-state index < -0.39 is 11.9 Å². The minimum absolute atomic E-state index is 0.0818. The number of hydrogen-bond donors (Lipinski definition) is 1. The number of esters is 2. The normalized spacial score (nSPS) is 21.0. The van der Waals surface area contributed by atoms with Gasteiger partial charge in [-0.05, 0) is 44.4 Å². The van der Waals surface area contributed by atoms with Crippen molar-refractivity contribution in [3.8, 4) is 0 Å². The van der Waals surface area contributed by atoms with Gasteiger partial charge in [-0.15, -0.1) is 0 Å². The number of ether oxygens (including phenoxy) is 2. The number of aliphatic carboxylic acids is 1. The van der Waals surface area contributed by atoms with E-state index in [9.17, 15) is 14.4 Å². The lowest BCUT2D eigenvalue weighted by atomic mass is 9.83. The van der Waals surface area contributed by atoms with E-state index >= 15 is 0 Å². The van der Waals surface area contributed by atoms with Gasteiger partial charge in [0.1, 0.15) is 0 Å². The van der Waals surface area contributed by atoms with Crippen molar-refractivity contribution in [2.24, 2.45) is 11.8 Å². The Morgan fingerprint density at radius 3 is 1.95 bits per heavy atom. The molecule has 1 saturated carbocycles. The maximum atomic E-state index is 11.3. The first-order valence-electron chi connectivity index (χ1n) is 7.58. The van der Waals surface area contributed by atoms with Crippen LogP contribution in [-0.4, -0.2) is 36.2 Å². The minimum atomic E-state index is -0.998. The second kappa shape index (κ2) is 9.23.